The van der Waals surface area contributed by atoms with Gasteiger partial charge in [-0.05, 0) is 69.5 Å². The van der Waals surface area contributed by atoms with Gasteiger partial charge in [0.15, 0.2) is 0 Å². The van der Waals surface area contributed by atoms with Crippen LogP contribution in [0.2, 0.25) is 0 Å². The van der Waals surface area contributed by atoms with E-state index in [-0.39, 0.29) is 5.91 Å². The Morgan fingerprint density at radius 2 is 2.14 bits per heavy atom. The largest absolute Gasteiger partial charge is 0.493 e. The highest BCUT2D eigenvalue weighted by atomic mass is 16.5. The van der Waals surface area contributed by atoms with Crippen LogP contribution in [-0.4, -0.2) is 44.1 Å². The van der Waals surface area contributed by atoms with E-state index < -0.39 is 0 Å². The van der Waals surface area contributed by atoms with Gasteiger partial charge in [-0.1, -0.05) is 6.07 Å². The number of rotatable bonds is 6. The molecule has 4 heteroatoms. The molecule has 1 aromatic carbocycles. The van der Waals surface area contributed by atoms with Gasteiger partial charge in [0, 0.05) is 13.1 Å². The standard InChI is InChI=1S/C18H28N2O2/c1-13-9-14(2)15(3)17(10-13)22-8-6-18(21)20-7-5-16(12-20)11-19-4/h9-10,16,19H,5-8,11-12H2,1-4H3/t16-/m0/s1. The van der Waals surface area contributed by atoms with E-state index in [1.807, 2.05) is 18.0 Å². The maximum absolute atomic E-state index is 12.2. The van der Waals surface area contributed by atoms with E-state index in [0.29, 0.717) is 18.9 Å². The lowest BCUT2D eigenvalue weighted by atomic mass is 10.1. The maximum atomic E-state index is 12.2. The molecule has 1 fully saturated rings. The minimum Gasteiger partial charge on any atom is -0.493 e. The van der Waals surface area contributed by atoms with Crippen molar-refractivity contribution < 1.29 is 9.53 Å². The lowest BCUT2D eigenvalue weighted by Crippen LogP contribution is -2.31. The van der Waals surface area contributed by atoms with Crippen LogP contribution in [-0.2, 0) is 4.79 Å². The molecule has 0 aromatic heterocycles. The predicted octanol–water partition coefficient (Wildman–Crippen LogP) is 2.45. The number of carbonyl (C=O) groups is 1. The summed E-state index contributed by atoms with van der Waals surface area (Å²) >= 11 is 0. The Bertz CT molecular complexity index is 528. The number of aryl methyl sites for hydroxylation is 2. The van der Waals surface area contributed by atoms with Crippen LogP contribution in [0.3, 0.4) is 0 Å². The van der Waals surface area contributed by atoms with Crippen LogP contribution in [0.1, 0.15) is 29.5 Å². The summed E-state index contributed by atoms with van der Waals surface area (Å²) in [4.78, 5) is 14.2. The quantitative estimate of drug-likeness (QED) is 0.878. The lowest BCUT2D eigenvalue weighted by molar-refractivity contribution is -0.130. The first-order valence-corrected chi connectivity index (χ1v) is 8.14. The van der Waals surface area contributed by atoms with Crippen LogP contribution >= 0.6 is 0 Å². The van der Waals surface area contributed by atoms with Crippen LogP contribution in [0.4, 0.5) is 0 Å². The van der Waals surface area contributed by atoms with E-state index in [2.05, 4.69) is 32.2 Å². The first-order chi connectivity index (χ1) is 10.5. The minimum absolute atomic E-state index is 0.209. The van der Waals surface area contributed by atoms with Crippen LogP contribution in [0, 0.1) is 26.7 Å². The summed E-state index contributed by atoms with van der Waals surface area (Å²) in [5, 5.41) is 3.19. The minimum atomic E-state index is 0.209. The number of hydrogen-bond donors (Lipinski definition) is 1. The van der Waals surface area contributed by atoms with Crippen molar-refractivity contribution >= 4 is 5.91 Å². The molecule has 1 saturated heterocycles. The number of amides is 1. The summed E-state index contributed by atoms with van der Waals surface area (Å²) in [6.45, 7) is 9.42. The molecule has 1 amide bonds. The highest BCUT2D eigenvalue weighted by molar-refractivity contribution is 5.76. The van der Waals surface area contributed by atoms with Gasteiger partial charge in [0.2, 0.25) is 5.91 Å². The van der Waals surface area contributed by atoms with Gasteiger partial charge in [-0.3, -0.25) is 4.79 Å². The Kier molecular flexibility index (Phi) is 5.83. The molecule has 122 valence electrons. The number of likely N-dealkylation sites (tertiary alicyclic amines) is 1. The van der Waals surface area contributed by atoms with E-state index in [1.54, 1.807) is 0 Å². The molecule has 4 nitrogen and oxygen atoms in total. The third-order valence-corrected chi connectivity index (χ3v) is 4.47. The topological polar surface area (TPSA) is 41.6 Å². The summed E-state index contributed by atoms with van der Waals surface area (Å²) in [7, 11) is 1.96. The van der Waals surface area contributed by atoms with Crippen LogP contribution in [0.25, 0.3) is 0 Å². The summed E-state index contributed by atoms with van der Waals surface area (Å²) < 4.78 is 5.84. The molecule has 1 atom stereocenters. The zero-order chi connectivity index (χ0) is 16.1. The van der Waals surface area contributed by atoms with Crippen molar-refractivity contribution in [3.05, 3.63) is 28.8 Å². The van der Waals surface area contributed by atoms with Gasteiger partial charge in [0.1, 0.15) is 5.75 Å². The van der Waals surface area contributed by atoms with E-state index in [9.17, 15) is 4.79 Å². The molecule has 0 radical (unpaired) electrons. The van der Waals surface area contributed by atoms with Crippen molar-refractivity contribution in [3.8, 4) is 5.75 Å². The first kappa shape index (κ1) is 16.8. The number of nitrogens with zero attached hydrogens (tertiary/aromatic N) is 1. The second-order valence-corrected chi connectivity index (χ2v) is 6.36. The van der Waals surface area contributed by atoms with E-state index in [4.69, 9.17) is 4.74 Å². The molecule has 2 rings (SSSR count). The highest BCUT2D eigenvalue weighted by Gasteiger charge is 2.25. The number of ether oxygens (including phenoxy) is 1. The number of carbonyl (C=O) groups excluding carboxylic acids is 1. The molecule has 0 unspecified atom stereocenters. The van der Waals surface area contributed by atoms with Crippen LogP contribution in [0.5, 0.6) is 5.75 Å². The highest BCUT2D eigenvalue weighted by Crippen LogP contribution is 2.23. The van der Waals surface area contributed by atoms with Crippen molar-refractivity contribution in [3.63, 3.8) is 0 Å². The van der Waals surface area contributed by atoms with Crippen molar-refractivity contribution in [1.82, 2.24) is 10.2 Å². The molecule has 1 heterocycles. The Morgan fingerprint density at radius 3 is 2.86 bits per heavy atom. The summed E-state index contributed by atoms with van der Waals surface area (Å²) in [5.41, 5.74) is 3.59. The Balaban J connectivity index is 1.81. The molecule has 0 spiro atoms. The zero-order valence-corrected chi connectivity index (χ0v) is 14.2. The smallest absolute Gasteiger partial charge is 0.226 e. The van der Waals surface area contributed by atoms with Gasteiger partial charge in [0.05, 0.1) is 13.0 Å². The summed E-state index contributed by atoms with van der Waals surface area (Å²) in [6, 6.07) is 4.20. The van der Waals surface area contributed by atoms with E-state index in [0.717, 1.165) is 37.4 Å². The van der Waals surface area contributed by atoms with Gasteiger partial charge in [-0.2, -0.15) is 0 Å². The second-order valence-electron chi connectivity index (χ2n) is 6.36. The monoisotopic (exact) mass is 304 g/mol. The first-order valence-electron chi connectivity index (χ1n) is 8.14. The number of hydrogen-bond acceptors (Lipinski definition) is 3. The molecule has 1 aromatic rings. The molecule has 1 N–H and O–H groups in total. The molecule has 0 saturated carbocycles. The fourth-order valence-electron chi connectivity index (χ4n) is 3.07. The maximum Gasteiger partial charge on any atom is 0.226 e. The zero-order valence-electron chi connectivity index (χ0n) is 14.2. The molecule has 1 aliphatic rings. The number of nitrogens with one attached hydrogen (secondary N) is 1. The van der Waals surface area contributed by atoms with Gasteiger partial charge >= 0.3 is 0 Å². The Morgan fingerprint density at radius 1 is 1.36 bits per heavy atom. The molecular formula is C18H28N2O2. The van der Waals surface area contributed by atoms with Crippen molar-refractivity contribution in [2.45, 2.75) is 33.6 Å². The Labute approximate surface area is 133 Å². The normalized spacial score (nSPS) is 17.8. The molecule has 0 aliphatic carbocycles. The lowest BCUT2D eigenvalue weighted by Gasteiger charge is -2.17. The predicted molar refractivity (Wildman–Crippen MR) is 89.4 cm³/mol. The Hall–Kier alpha value is -1.55. The fourth-order valence-corrected chi connectivity index (χ4v) is 3.07. The van der Waals surface area contributed by atoms with Gasteiger partial charge in [-0.25, -0.2) is 0 Å². The van der Waals surface area contributed by atoms with E-state index in [1.165, 1.54) is 11.1 Å². The van der Waals surface area contributed by atoms with Crippen molar-refractivity contribution in [1.29, 1.82) is 0 Å². The fraction of sp³-hybridized carbons (Fsp3) is 0.611. The second kappa shape index (κ2) is 7.63. The third kappa shape index (κ3) is 4.23. The molecule has 1 aliphatic heterocycles. The number of benzene rings is 1. The SMILES string of the molecule is CNC[C@@H]1CCN(C(=O)CCOc2cc(C)cc(C)c2C)C1. The van der Waals surface area contributed by atoms with Crippen molar-refractivity contribution in [2.75, 3.05) is 33.3 Å². The average molecular weight is 304 g/mol. The molecular weight excluding hydrogens is 276 g/mol. The van der Waals surface area contributed by atoms with Gasteiger partial charge < -0.3 is 15.0 Å². The summed E-state index contributed by atoms with van der Waals surface area (Å²) in [6.07, 6.45) is 1.56. The van der Waals surface area contributed by atoms with E-state index >= 15 is 0 Å². The summed E-state index contributed by atoms with van der Waals surface area (Å²) in [5.74, 6) is 1.71. The molecule has 0 bridgehead atoms. The van der Waals surface area contributed by atoms with Crippen molar-refractivity contribution in [2.24, 2.45) is 5.92 Å². The molecule has 22 heavy (non-hydrogen) atoms. The average Bonchev–Trinajstić information content (AvgIpc) is 2.93. The van der Waals surface area contributed by atoms with Gasteiger partial charge in [0.25, 0.3) is 0 Å². The van der Waals surface area contributed by atoms with Crippen LogP contribution in [0.15, 0.2) is 12.1 Å². The van der Waals surface area contributed by atoms with Gasteiger partial charge in [-0.15, -0.1) is 0 Å². The van der Waals surface area contributed by atoms with Crippen LogP contribution < -0.4 is 10.1 Å². The third-order valence-electron chi connectivity index (χ3n) is 4.47.